The van der Waals surface area contributed by atoms with Gasteiger partial charge in [0.25, 0.3) is 10.1 Å². The summed E-state index contributed by atoms with van der Waals surface area (Å²) in [6.45, 7) is 3.51. The van der Waals surface area contributed by atoms with Crippen molar-refractivity contribution in [2.75, 3.05) is 0 Å². The summed E-state index contributed by atoms with van der Waals surface area (Å²) in [7, 11) is -4.06. The van der Waals surface area contributed by atoms with E-state index in [4.69, 9.17) is 4.55 Å². The second-order valence-electron chi connectivity index (χ2n) is 2.25. The van der Waals surface area contributed by atoms with E-state index in [1.54, 1.807) is 18.2 Å². The molecular weight excluding hydrogens is 200 g/mol. The topological polar surface area (TPSA) is 54.4 Å². The molecule has 5 heteroatoms. The van der Waals surface area contributed by atoms with Crippen molar-refractivity contribution in [2.45, 2.75) is 4.90 Å². The average molecular weight is 211 g/mol. The first-order chi connectivity index (χ1) is 5.54. The number of hydrogen-bond donors (Lipinski definition) is 1. The van der Waals surface area contributed by atoms with Gasteiger partial charge in [0.1, 0.15) is 0 Å². The van der Waals surface area contributed by atoms with Crippen LogP contribution in [-0.2, 0) is 10.1 Å². The molecule has 0 saturated carbocycles. The Morgan fingerprint density at radius 3 is 2.08 bits per heavy atom. The fraction of sp³-hybridized carbons (Fsp3) is 0. The summed E-state index contributed by atoms with van der Waals surface area (Å²) in [4.78, 5) is -0.104. The molecule has 0 amide bonds. The van der Waals surface area contributed by atoms with Gasteiger partial charge in [-0.3, -0.25) is 4.55 Å². The Kier molecular flexibility index (Phi) is 4.62. The third-order valence-electron chi connectivity index (χ3n) is 1.41. The molecule has 1 N–H and O–H groups in total. The number of rotatable bonds is 2. The minimum Gasteiger partial charge on any atom is -1.00 e. The zero-order valence-electron chi connectivity index (χ0n) is 8.97. The molecule has 0 aliphatic rings. The Morgan fingerprint density at radius 2 is 1.77 bits per heavy atom. The van der Waals surface area contributed by atoms with Crippen LogP contribution in [0.4, 0.5) is 0 Å². The maximum absolute atomic E-state index is 10.6. The summed E-state index contributed by atoms with van der Waals surface area (Å²) in [6, 6.07) is 5.78. The molecule has 0 aromatic heterocycles. The predicted molar refractivity (Wildman–Crippen MR) is 54.3 cm³/mol. The molecule has 0 aliphatic heterocycles. The molecule has 0 saturated heterocycles. The number of hydrogen-bond acceptors (Lipinski definition) is 2. The maximum atomic E-state index is 10.6. The fourth-order valence-corrected chi connectivity index (χ4v) is 1.26. The molecule has 0 aliphatic carbocycles. The molecule has 0 heterocycles. The molecule has 0 atom stereocenters. The van der Waals surface area contributed by atoms with E-state index < -0.39 is 10.1 Å². The summed E-state index contributed by atoms with van der Waals surface area (Å²) in [5.41, 5.74) is 0.808. The smallest absolute Gasteiger partial charge is 1.00 e. The van der Waals surface area contributed by atoms with E-state index in [1.165, 1.54) is 12.1 Å². The Bertz CT molecular complexity index is 389. The minimum absolute atomic E-state index is 0. The van der Waals surface area contributed by atoms with Gasteiger partial charge in [-0.1, -0.05) is 24.8 Å². The first-order valence-corrected chi connectivity index (χ1v) is 4.68. The van der Waals surface area contributed by atoms with Gasteiger partial charge in [0.15, 0.2) is 0 Å². The van der Waals surface area contributed by atoms with E-state index in [0.29, 0.717) is 0 Å². The van der Waals surface area contributed by atoms with E-state index in [-0.39, 0.29) is 30.8 Å². The molecule has 0 unspecified atom stereocenters. The molecule has 1 aromatic rings. The molecule has 0 fully saturated rings. The summed E-state index contributed by atoms with van der Waals surface area (Å²) in [5, 5.41) is 0. The largest absolute Gasteiger partial charge is 2.00 e. The van der Waals surface area contributed by atoms with Gasteiger partial charge in [-0.2, -0.15) is 8.42 Å². The van der Waals surface area contributed by atoms with Crippen molar-refractivity contribution in [3.8, 4) is 0 Å². The van der Waals surface area contributed by atoms with E-state index in [1.807, 2.05) is 0 Å². The van der Waals surface area contributed by atoms with Crippen molar-refractivity contribution < 1.29 is 15.8 Å². The molecule has 0 bridgehead atoms. The third-order valence-corrected chi connectivity index (χ3v) is 2.28. The van der Waals surface area contributed by atoms with Crippen molar-refractivity contribution in [1.29, 1.82) is 0 Å². The quantitative estimate of drug-likeness (QED) is 0.593. The van der Waals surface area contributed by atoms with Gasteiger partial charge in [-0.25, -0.2) is 0 Å². The van der Waals surface area contributed by atoms with E-state index >= 15 is 0 Å². The summed E-state index contributed by atoms with van der Waals surface area (Å²) < 4.78 is 29.7. The van der Waals surface area contributed by atoms with Crippen LogP contribution in [0.15, 0.2) is 35.7 Å². The van der Waals surface area contributed by atoms with Gasteiger partial charge in [-0.15, -0.1) is 0 Å². The van der Waals surface area contributed by atoms with Gasteiger partial charge in [0, 0.05) is 0 Å². The zero-order chi connectivity index (χ0) is 9.19. The zero-order valence-corrected chi connectivity index (χ0v) is 9.20. The van der Waals surface area contributed by atoms with Crippen LogP contribution in [0.3, 0.4) is 0 Å². The summed E-state index contributed by atoms with van der Waals surface area (Å²) >= 11 is 0. The Morgan fingerprint density at radius 1 is 1.31 bits per heavy atom. The number of benzene rings is 1. The second kappa shape index (κ2) is 4.76. The van der Waals surface area contributed by atoms with E-state index in [0.717, 1.165) is 5.56 Å². The molecule has 1 aromatic carbocycles. The monoisotopic (exact) mass is 210 g/mol. The fourth-order valence-electron chi connectivity index (χ4n) is 0.776. The van der Waals surface area contributed by atoms with Crippen LogP contribution >= 0.6 is 0 Å². The van der Waals surface area contributed by atoms with Gasteiger partial charge in [-0.05, 0) is 17.7 Å². The molecule has 1 rings (SSSR count). The van der Waals surface area contributed by atoms with Crippen molar-refractivity contribution in [3.05, 3.63) is 36.4 Å². The first-order valence-electron chi connectivity index (χ1n) is 3.24. The Labute approximate surface area is 96.3 Å². The first kappa shape index (κ1) is 12.6. The van der Waals surface area contributed by atoms with E-state index in [2.05, 4.69) is 6.58 Å². The predicted octanol–water partition coefficient (Wildman–Crippen LogP) is 1.42. The normalized spacial score (nSPS) is 10.2. The summed E-state index contributed by atoms with van der Waals surface area (Å²) in [6.07, 6.45) is 1.59. The van der Waals surface area contributed by atoms with Crippen LogP contribution in [0.2, 0.25) is 0 Å². The van der Waals surface area contributed by atoms with Crippen molar-refractivity contribution in [3.63, 3.8) is 0 Å². The Balaban J connectivity index is -0.000000480. The maximum Gasteiger partial charge on any atom is 2.00 e. The van der Waals surface area contributed by atoms with Gasteiger partial charge >= 0.3 is 23.1 Å². The molecule has 68 valence electrons. The standard InChI is InChI=1S/C8H8O3S.Mg.2H/c1-2-7-3-5-8(6-4-7)12(9,10)11;;;/h2-6H,1H2,(H,9,10,11);;;/q;+2;2*-1. The molecule has 0 spiro atoms. The van der Waals surface area contributed by atoms with Crippen LogP contribution in [0.25, 0.3) is 6.08 Å². The SMILES string of the molecule is C=Cc1ccc(S(=O)(=O)O)cc1.[H-].[H-].[Mg+2]. The van der Waals surface area contributed by atoms with E-state index in [9.17, 15) is 8.42 Å². The van der Waals surface area contributed by atoms with Gasteiger partial charge in [0.2, 0.25) is 0 Å². The average Bonchev–Trinajstić information content (AvgIpc) is 2.03. The van der Waals surface area contributed by atoms with Crippen molar-refractivity contribution in [2.24, 2.45) is 0 Å². The molecule has 0 radical (unpaired) electrons. The van der Waals surface area contributed by atoms with Crippen LogP contribution < -0.4 is 0 Å². The third kappa shape index (κ3) is 3.47. The summed E-state index contributed by atoms with van der Waals surface area (Å²) in [5.74, 6) is 0. The second-order valence-corrected chi connectivity index (χ2v) is 3.67. The van der Waals surface area contributed by atoms with Crippen LogP contribution in [-0.4, -0.2) is 36.0 Å². The van der Waals surface area contributed by atoms with Crippen molar-refractivity contribution >= 4 is 39.2 Å². The molecule has 13 heavy (non-hydrogen) atoms. The molecular formula is C8H10MgO3S. The van der Waals surface area contributed by atoms with Crippen LogP contribution in [0.5, 0.6) is 0 Å². The molecule has 3 nitrogen and oxygen atoms in total. The van der Waals surface area contributed by atoms with Gasteiger partial charge < -0.3 is 2.85 Å². The van der Waals surface area contributed by atoms with Gasteiger partial charge in [0.05, 0.1) is 4.90 Å². The van der Waals surface area contributed by atoms with Crippen LogP contribution in [0.1, 0.15) is 8.42 Å². The minimum atomic E-state index is -4.06. The van der Waals surface area contributed by atoms with Crippen LogP contribution in [0, 0.1) is 0 Å². The Hall–Kier alpha value is -0.364. The van der Waals surface area contributed by atoms with Crippen molar-refractivity contribution in [1.82, 2.24) is 0 Å².